The molecule has 3 N–H and O–H groups in total. The molecule has 0 radical (unpaired) electrons. The lowest BCUT2D eigenvalue weighted by molar-refractivity contribution is -0.152. The van der Waals surface area contributed by atoms with Crippen LogP contribution in [0.3, 0.4) is 0 Å². The lowest BCUT2D eigenvalue weighted by atomic mass is 9.74. The number of piperidine rings is 1. The smallest absolute Gasteiger partial charge is 0.310 e. The molecule has 1 aliphatic rings. The molecule has 3 aromatic rings. The van der Waals surface area contributed by atoms with Crippen LogP contribution in [0.1, 0.15) is 42.3 Å². The van der Waals surface area contributed by atoms with Gasteiger partial charge in [-0.3, -0.25) is 14.8 Å². The van der Waals surface area contributed by atoms with Crippen molar-refractivity contribution in [3.8, 4) is 0 Å². The molecule has 0 unspecified atom stereocenters. The van der Waals surface area contributed by atoms with Crippen LogP contribution in [0.2, 0.25) is 5.02 Å². The average molecular weight is 522 g/mol. The first-order valence-electron chi connectivity index (χ1n) is 11.7. The fourth-order valence-corrected chi connectivity index (χ4v) is 4.73. The van der Waals surface area contributed by atoms with Crippen molar-refractivity contribution in [2.75, 3.05) is 18.4 Å². The van der Waals surface area contributed by atoms with E-state index in [9.17, 15) is 18.7 Å². The number of nitrogens with one attached hydrogen (secondary N) is 2. The Morgan fingerprint density at radius 2 is 1.92 bits per heavy atom. The number of hydrogen-bond donors (Lipinski definition) is 3. The number of hydrogen-bond acceptors (Lipinski definition) is 5. The van der Waals surface area contributed by atoms with Gasteiger partial charge in [0.15, 0.2) is 5.82 Å². The Bertz CT molecular complexity index is 1270. The third-order valence-electron chi connectivity index (χ3n) is 6.74. The molecule has 0 amide bonds. The number of benzene rings is 1. The first kappa shape index (κ1) is 26.0. The zero-order chi connectivity index (χ0) is 26.0. The first-order chi connectivity index (χ1) is 17.1. The highest BCUT2D eigenvalue weighted by Crippen LogP contribution is 2.37. The van der Waals surface area contributed by atoms with E-state index < -0.39 is 28.8 Å². The maximum absolute atomic E-state index is 15.3. The van der Waals surface area contributed by atoms with Gasteiger partial charge in [0, 0.05) is 30.3 Å². The highest BCUT2D eigenvalue weighted by atomic mass is 35.5. The Labute approximate surface area is 211 Å². The Morgan fingerprint density at radius 3 is 2.53 bits per heavy atom. The molecule has 1 aromatic carbocycles. The second-order valence-corrected chi connectivity index (χ2v) is 9.61. The maximum Gasteiger partial charge on any atom is 0.310 e. The van der Waals surface area contributed by atoms with E-state index in [1.54, 1.807) is 17.0 Å². The lowest BCUT2D eigenvalue weighted by Gasteiger charge is -2.39. The van der Waals surface area contributed by atoms with Crippen LogP contribution in [-0.4, -0.2) is 44.2 Å². The second kappa shape index (κ2) is 10.5. The number of carboxylic acid groups (broad SMARTS) is 1. The predicted molar refractivity (Wildman–Crippen MR) is 130 cm³/mol. The monoisotopic (exact) mass is 521 g/mol. The van der Waals surface area contributed by atoms with Crippen LogP contribution in [0.4, 0.5) is 24.8 Å². The quantitative estimate of drug-likeness (QED) is 0.344. The number of rotatable bonds is 8. The zero-order valence-electron chi connectivity index (χ0n) is 20.0. The number of likely N-dealkylation sites (tertiary alicyclic amines) is 1. The number of aromatic nitrogens is 3. The van der Waals surface area contributed by atoms with E-state index in [1.807, 2.05) is 13.8 Å². The maximum atomic E-state index is 15.3. The Balaban J connectivity index is 1.54. The molecule has 3 heterocycles. The molecule has 1 saturated heterocycles. The van der Waals surface area contributed by atoms with Gasteiger partial charge in [0.25, 0.3) is 0 Å². The van der Waals surface area contributed by atoms with Crippen molar-refractivity contribution in [2.45, 2.75) is 46.1 Å². The molecule has 0 atom stereocenters. The topological polar surface area (TPSA) is 94.1 Å². The molecule has 0 aliphatic carbocycles. The number of H-pyrrole nitrogens is 1. The molecule has 2 aromatic heterocycles. The van der Waals surface area contributed by atoms with Crippen molar-refractivity contribution in [2.24, 2.45) is 5.41 Å². The molecule has 7 nitrogen and oxygen atoms in total. The summed E-state index contributed by atoms with van der Waals surface area (Å²) >= 11 is 5.79. The lowest BCUT2D eigenvalue weighted by Crippen LogP contribution is -2.45. The standard InChI is InChI=1S/C25H27ClF3N5O2/c1-3-15-11-20(31-21-10-14(2)32-33-21)30-19(22(15)28)12-25(24(35)36)6-8-34(9-7-25)13-16-18(27)5-4-17(26)23(16)29/h4-5,10-11H,3,6-9,12-13H2,1-2H3,(H,35,36)(H2,30,31,32,33). The summed E-state index contributed by atoms with van der Waals surface area (Å²) in [6.07, 6.45) is 0.639. The number of carboxylic acids is 1. The van der Waals surface area contributed by atoms with E-state index in [4.69, 9.17) is 11.6 Å². The fourth-order valence-electron chi connectivity index (χ4n) is 4.56. The minimum Gasteiger partial charge on any atom is -0.481 e. The molecular formula is C25H27ClF3N5O2. The third-order valence-corrected chi connectivity index (χ3v) is 7.03. The van der Waals surface area contributed by atoms with Crippen LogP contribution in [0.25, 0.3) is 0 Å². The molecular weight excluding hydrogens is 495 g/mol. The van der Waals surface area contributed by atoms with E-state index in [1.165, 1.54) is 0 Å². The highest BCUT2D eigenvalue weighted by Gasteiger charge is 2.43. The molecule has 0 spiro atoms. The van der Waals surface area contributed by atoms with Crippen LogP contribution >= 0.6 is 11.6 Å². The summed E-state index contributed by atoms with van der Waals surface area (Å²) in [4.78, 5) is 18.6. The number of carbonyl (C=O) groups is 1. The summed E-state index contributed by atoms with van der Waals surface area (Å²) in [5.41, 5.74) is -0.100. The number of pyridine rings is 1. The van der Waals surface area contributed by atoms with Crippen molar-refractivity contribution < 1.29 is 23.1 Å². The van der Waals surface area contributed by atoms with E-state index in [0.717, 1.165) is 17.8 Å². The van der Waals surface area contributed by atoms with Gasteiger partial charge in [0.1, 0.15) is 23.3 Å². The summed E-state index contributed by atoms with van der Waals surface area (Å²) in [6.45, 7) is 4.15. The van der Waals surface area contributed by atoms with Gasteiger partial charge in [0.2, 0.25) is 0 Å². The number of aliphatic carboxylic acids is 1. The Morgan fingerprint density at radius 1 is 1.19 bits per heavy atom. The minimum atomic E-state index is -1.26. The van der Waals surface area contributed by atoms with Crippen molar-refractivity contribution in [3.63, 3.8) is 0 Å². The van der Waals surface area contributed by atoms with E-state index in [2.05, 4.69) is 20.5 Å². The van der Waals surface area contributed by atoms with Crippen LogP contribution in [0.5, 0.6) is 0 Å². The molecule has 192 valence electrons. The molecule has 1 aliphatic heterocycles. The fraction of sp³-hybridized carbons (Fsp3) is 0.400. The summed E-state index contributed by atoms with van der Waals surface area (Å²) in [6, 6.07) is 5.63. The largest absolute Gasteiger partial charge is 0.481 e. The van der Waals surface area contributed by atoms with Crippen molar-refractivity contribution in [1.82, 2.24) is 20.1 Å². The van der Waals surface area contributed by atoms with Crippen LogP contribution in [-0.2, 0) is 24.2 Å². The normalized spacial score (nSPS) is 15.7. The number of aryl methyl sites for hydroxylation is 2. The van der Waals surface area contributed by atoms with Gasteiger partial charge in [0.05, 0.1) is 16.1 Å². The zero-order valence-corrected chi connectivity index (χ0v) is 20.7. The molecule has 0 bridgehead atoms. The predicted octanol–water partition coefficient (Wildman–Crippen LogP) is 5.40. The van der Waals surface area contributed by atoms with Gasteiger partial charge in [-0.05, 0) is 63.0 Å². The second-order valence-electron chi connectivity index (χ2n) is 9.20. The summed E-state index contributed by atoms with van der Waals surface area (Å²) in [5, 5.41) is 19.9. The van der Waals surface area contributed by atoms with Crippen LogP contribution < -0.4 is 5.32 Å². The van der Waals surface area contributed by atoms with Crippen molar-refractivity contribution >= 4 is 29.2 Å². The number of halogens is 4. The summed E-state index contributed by atoms with van der Waals surface area (Å²) in [5.74, 6) is -2.21. The third kappa shape index (κ3) is 5.34. The number of aromatic amines is 1. The van der Waals surface area contributed by atoms with Gasteiger partial charge in [-0.1, -0.05) is 18.5 Å². The average Bonchev–Trinajstić information content (AvgIpc) is 3.26. The van der Waals surface area contributed by atoms with Crippen LogP contribution in [0, 0.1) is 29.8 Å². The molecule has 36 heavy (non-hydrogen) atoms. The minimum absolute atomic E-state index is 0.0387. The summed E-state index contributed by atoms with van der Waals surface area (Å²) in [7, 11) is 0. The Hall–Kier alpha value is -3.11. The molecule has 11 heteroatoms. The highest BCUT2D eigenvalue weighted by molar-refractivity contribution is 6.30. The van der Waals surface area contributed by atoms with Gasteiger partial charge in [-0.2, -0.15) is 5.10 Å². The van der Waals surface area contributed by atoms with Gasteiger partial charge in [-0.25, -0.2) is 18.2 Å². The SMILES string of the molecule is CCc1cc(Nc2cc(C)[nH]n2)nc(CC2(C(=O)O)CCN(Cc3c(F)ccc(Cl)c3F)CC2)c1F. The van der Waals surface area contributed by atoms with Crippen molar-refractivity contribution in [1.29, 1.82) is 0 Å². The molecule has 0 saturated carbocycles. The van der Waals surface area contributed by atoms with E-state index >= 15 is 4.39 Å². The molecule has 1 fully saturated rings. The van der Waals surface area contributed by atoms with E-state index in [-0.39, 0.29) is 55.2 Å². The molecule has 4 rings (SSSR count). The van der Waals surface area contributed by atoms with Gasteiger partial charge >= 0.3 is 5.97 Å². The van der Waals surface area contributed by atoms with Gasteiger partial charge in [-0.15, -0.1) is 0 Å². The van der Waals surface area contributed by atoms with Gasteiger partial charge < -0.3 is 10.4 Å². The first-order valence-corrected chi connectivity index (χ1v) is 12.0. The Kier molecular flexibility index (Phi) is 7.56. The van der Waals surface area contributed by atoms with Crippen molar-refractivity contribution in [3.05, 3.63) is 69.3 Å². The van der Waals surface area contributed by atoms with Crippen LogP contribution in [0.15, 0.2) is 24.3 Å². The number of nitrogens with zero attached hydrogens (tertiary/aromatic N) is 3. The van der Waals surface area contributed by atoms with E-state index in [0.29, 0.717) is 23.6 Å². The summed E-state index contributed by atoms with van der Waals surface area (Å²) < 4.78 is 43.8. The number of anilines is 2.